The van der Waals surface area contributed by atoms with E-state index in [9.17, 15) is 0 Å². The fraction of sp³-hybridized carbons (Fsp3) is 1.00. The van der Waals surface area contributed by atoms with E-state index in [-0.39, 0.29) is 0 Å². The fourth-order valence-corrected chi connectivity index (χ4v) is 28.8. The van der Waals surface area contributed by atoms with Crippen molar-refractivity contribution in [2.24, 2.45) is 11.8 Å². The molecule has 2 heteroatoms. The van der Waals surface area contributed by atoms with Gasteiger partial charge in [0.15, 0.2) is 0 Å². The molecule has 1 spiro atoms. The van der Waals surface area contributed by atoms with E-state index in [0.717, 1.165) is 10.1 Å². The molecule has 0 aromatic heterocycles. The Morgan fingerprint density at radius 1 is 0.857 bits per heavy atom. The van der Waals surface area contributed by atoms with Crippen molar-refractivity contribution in [1.29, 1.82) is 0 Å². The van der Waals surface area contributed by atoms with E-state index in [2.05, 4.69) is 26.2 Å². The molecular formula is C12H22Si2. The molecule has 0 nitrogen and oxygen atoms in total. The van der Waals surface area contributed by atoms with Crippen LogP contribution in [0.1, 0.15) is 19.3 Å². The number of rotatable bonds is 0. The lowest BCUT2D eigenvalue weighted by atomic mass is 9.88. The summed E-state index contributed by atoms with van der Waals surface area (Å²) in [6.45, 7) is 10.9. The molecule has 1 saturated heterocycles. The molecule has 3 aliphatic carbocycles. The minimum absolute atomic E-state index is 0.798. The largest absolute Gasteiger partial charge is 0.0691 e. The molecule has 0 radical (unpaired) electrons. The predicted molar refractivity (Wildman–Crippen MR) is 66.0 cm³/mol. The molecule has 0 aromatic carbocycles. The summed E-state index contributed by atoms with van der Waals surface area (Å²) < 4.78 is 0. The molecule has 0 N–H and O–H groups in total. The predicted octanol–water partition coefficient (Wildman–Crippen LogP) is 3.88. The molecule has 0 aromatic rings. The number of hydrogen-bond donors (Lipinski definition) is 0. The summed E-state index contributed by atoms with van der Waals surface area (Å²) in [6.07, 6.45) is 4.83. The Balaban J connectivity index is 1.90. The maximum Gasteiger partial charge on any atom is 0.0521 e. The SMILES string of the molecule is C[Si]1(C)C[Si](C)(C)C23C4CCCC2C431. The van der Waals surface area contributed by atoms with Crippen LogP contribution in [0.15, 0.2) is 0 Å². The molecule has 1 heterocycles. The van der Waals surface area contributed by atoms with Gasteiger partial charge in [0, 0.05) is 0 Å². The first-order valence-corrected chi connectivity index (χ1v) is 12.8. The molecule has 3 saturated carbocycles. The van der Waals surface area contributed by atoms with Crippen LogP contribution in [0.25, 0.3) is 0 Å². The first-order chi connectivity index (χ1) is 6.43. The third kappa shape index (κ3) is 0.460. The lowest BCUT2D eigenvalue weighted by Gasteiger charge is -2.46. The second kappa shape index (κ2) is 1.75. The molecule has 0 atom stereocenters. The maximum absolute atomic E-state index is 2.73. The van der Waals surface area contributed by atoms with E-state index in [4.69, 9.17) is 0 Å². The van der Waals surface area contributed by atoms with Crippen LogP contribution < -0.4 is 0 Å². The molecular weight excluding hydrogens is 200 g/mol. The van der Waals surface area contributed by atoms with E-state index in [1.807, 2.05) is 0 Å². The van der Waals surface area contributed by atoms with Crippen LogP contribution in [0.5, 0.6) is 0 Å². The van der Waals surface area contributed by atoms with Gasteiger partial charge in [-0.25, -0.2) is 0 Å². The summed E-state index contributed by atoms with van der Waals surface area (Å²) in [5, 5.41) is 2.10. The van der Waals surface area contributed by atoms with Crippen LogP contribution >= 0.6 is 0 Å². The zero-order valence-electron chi connectivity index (χ0n) is 9.98. The molecule has 4 rings (SSSR count). The van der Waals surface area contributed by atoms with Gasteiger partial charge in [-0.3, -0.25) is 0 Å². The lowest BCUT2D eigenvalue weighted by molar-refractivity contribution is 0.336. The van der Waals surface area contributed by atoms with Crippen molar-refractivity contribution in [3.8, 4) is 0 Å². The first kappa shape index (κ1) is 8.57. The average Bonchev–Trinajstić information content (AvgIpc) is 2.84. The van der Waals surface area contributed by atoms with Crippen molar-refractivity contribution in [1.82, 2.24) is 0 Å². The third-order valence-corrected chi connectivity index (χ3v) is 20.8. The Labute approximate surface area is 89.5 Å². The van der Waals surface area contributed by atoms with Crippen molar-refractivity contribution in [3.05, 3.63) is 0 Å². The standard InChI is InChI=1S/C12H22Si2/c1-13(2)8-14(3,4)12-9-6-5-7-10(12)11(9,12)13/h9-10H,5-8H2,1-4H3. The Bertz CT molecular complexity index is 302. The van der Waals surface area contributed by atoms with Gasteiger partial charge in [0.2, 0.25) is 0 Å². The molecule has 0 amide bonds. The van der Waals surface area contributed by atoms with Crippen LogP contribution in [-0.4, -0.2) is 16.1 Å². The van der Waals surface area contributed by atoms with Crippen molar-refractivity contribution in [2.45, 2.75) is 61.2 Å². The molecule has 4 fully saturated rings. The highest BCUT2D eigenvalue weighted by Crippen LogP contribution is 3.15. The van der Waals surface area contributed by atoms with Gasteiger partial charge in [-0.1, -0.05) is 38.3 Å². The zero-order chi connectivity index (χ0) is 9.98. The minimum Gasteiger partial charge on any atom is -0.0691 e. The number of hydrogen-bond acceptors (Lipinski definition) is 0. The normalized spacial score (nSPS) is 64.3. The monoisotopic (exact) mass is 222 g/mol. The molecule has 0 unspecified atom stereocenters. The summed E-state index contributed by atoms with van der Waals surface area (Å²) in [6, 6.07) is 0. The lowest BCUT2D eigenvalue weighted by Crippen LogP contribution is -2.48. The van der Waals surface area contributed by atoms with Gasteiger partial charge in [0.25, 0.3) is 0 Å². The Kier molecular flexibility index (Phi) is 1.07. The molecule has 4 aliphatic rings. The molecule has 78 valence electrons. The third-order valence-electron chi connectivity index (χ3n) is 6.83. The summed E-state index contributed by atoms with van der Waals surface area (Å²) in [5.74, 6) is 2.54. The maximum atomic E-state index is 2.73. The van der Waals surface area contributed by atoms with Gasteiger partial charge in [-0.15, -0.1) is 0 Å². The van der Waals surface area contributed by atoms with Crippen LogP contribution in [0.4, 0.5) is 0 Å². The first-order valence-electron chi connectivity index (χ1n) is 6.43. The van der Waals surface area contributed by atoms with Gasteiger partial charge in [-0.2, -0.15) is 0 Å². The van der Waals surface area contributed by atoms with Gasteiger partial charge < -0.3 is 0 Å². The fourth-order valence-electron chi connectivity index (χ4n) is 7.43. The quantitative estimate of drug-likeness (QED) is 0.546. The highest BCUT2D eigenvalue weighted by atomic mass is 28.4. The van der Waals surface area contributed by atoms with Crippen molar-refractivity contribution < 1.29 is 0 Å². The Hall–Kier alpha value is 0.434. The van der Waals surface area contributed by atoms with Crippen molar-refractivity contribution >= 4 is 16.1 Å². The average molecular weight is 222 g/mol. The van der Waals surface area contributed by atoms with E-state index < -0.39 is 16.1 Å². The van der Waals surface area contributed by atoms with Gasteiger partial charge in [0.1, 0.15) is 0 Å². The van der Waals surface area contributed by atoms with Crippen molar-refractivity contribution in [3.63, 3.8) is 0 Å². The molecule has 1 aliphatic heterocycles. The Morgan fingerprint density at radius 3 is 1.64 bits per heavy atom. The van der Waals surface area contributed by atoms with Crippen LogP contribution in [0.3, 0.4) is 0 Å². The highest BCUT2D eigenvalue weighted by Gasteiger charge is 3.06. The van der Waals surface area contributed by atoms with Crippen molar-refractivity contribution in [2.75, 3.05) is 0 Å². The van der Waals surface area contributed by atoms with E-state index >= 15 is 0 Å². The van der Waals surface area contributed by atoms with E-state index in [1.165, 1.54) is 11.8 Å². The van der Waals surface area contributed by atoms with Crippen LogP contribution in [0.2, 0.25) is 41.9 Å². The highest BCUT2D eigenvalue weighted by molar-refractivity contribution is 7.08. The summed E-state index contributed by atoms with van der Waals surface area (Å²) in [7, 11) is -1.60. The van der Waals surface area contributed by atoms with E-state index in [1.54, 1.807) is 24.9 Å². The topological polar surface area (TPSA) is 0 Å². The smallest absolute Gasteiger partial charge is 0.0521 e. The summed E-state index contributed by atoms with van der Waals surface area (Å²) >= 11 is 0. The zero-order valence-corrected chi connectivity index (χ0v) is 12.0. The van der Waals surface area contributed by atoms with Crippen LogP contribution in [-0.2, 0) is 0 Å². The van der Waals surface area contributed by atoms with Gasteiger partial charge in [-0.05, 0) is 34.8 Å². The van der Waals surface area contributed by atoms with Crippen LogP contribution in [0, 0.1) is 11.8 Å². The second-order valence-corrected chi connectivity index (χ2v) is 18.3. The Morgan fingerprint density at radius 2 is 1.29 bits per heavy atom. The summed E-state index contributed by atoms with van der Waals surface area (Å²) in [5.41, 5.74) is 1.76. The van der Waals surface area contributed by atoms with E-state index in [0.29, 0.717) is 0 Å². The second-order valence-electron chi connectivity index (χ2n) is 7.72. The van der Waals surface area contributed by atoms with Gasteiger partial charge >= 0.3 is 0 Å². The molecule has 14 heavy (non-hydrogen) atoms. The summed E-state index contributed by atoms with van der Waals surface area (Å²) in [4.78, 5) is 0. The molecule has 0 bridgehead atoms. The minimum atomic E-state index is -0.798. The van der Waals surface area contributed by atoms with Gasteiger partial charge in [0.05, 0.1) is 16.1 Å².